The summed E-state index contributed by atoms with van der Waals surface area (Å²) in [6, 6.07) is 5.82. The van der Waals surface area contributed by atoms with Gasteiger partial charge in [-0.2, -0.15) is 0 Å². The topological polar surface area (TPSA) is 42.0 Å². The van der Waals surface area contributed by atoms with Crippen molar-refractivity contribution in [2.45, 2.75) is 38.1 Å². The van der Waals surface area contributed by atoms with Crippen LogP contribution >= 0.6 is 0 Å². The molecule has 2 heterocycles. The maximum Gasteiger partial charge on any atom is 0.187 e. The van der Waals surface area contributed by atoms with Gasteiger partial charge in [-0.1, -0.05) is 6.42 Å². The molecule has 5 heteroatoms. The Labute approximate surface area is 156 Å². The van der Waals surface area contributed by atoms with Crippen LogP contribution in [0.5, 0.6) is 11.5 Å². The molecule has 0 N–H and O–H groups in total. The molecule has 2 fully saturated rings. The molecule has 0 saturated carbocycles. The highest BCUT2D eigenvalue weighted by Crippen LogP contribution is 2.28. The summed E-state index contributed by atoms with van der Waals surface area (Å²) < 4.78 is 10.5. The summed E-state index contributed by atoms with van der Waals surface area (Å²) >= 11 is 0. The van der Waals surface area contributed by atoms with Crippen LogP contribution in [-0.4, -0.2) is 62.0 Å². The second kappa shape index (κ2) is 9.08. The maximum atomic E-state index is 12.5. The molecule has 142 valence electrons. The Morgan fingerprint density at radius 1 is 1.08 bits per heavy atom. The Hall–Kier alpha value is -2.01. The zero-order valence-electron chi connectivity index (χ0n) is 15.9. The van der Waals surface area contributed by atoms with Crippen molar-refractivity contribution in [3.63, 3.8) is 0 Å². The highest BCUT2D eigenvalue weighted by molar-refractivity contribution is 6.04. The number of allylic oxidation sites excluding steroid dienone is 1. The average molecular weight is 358 g/mol. The summed E-state index contributed by atoms with van der Waals surface area (Å²) in [7, 11) is 3.17. The monoisotopic (exact) mass is 358 g/mol. The lowest BCUT2D eigenvalue weighted by Gasteiger charge is -2.32. The van der Waals surface area contributed by atoms with Crippen molar-refractivity contribution in [1.82, 2.24) is 9.80 Å². The van der Waals surface area contributed by atoms with Crippen LogP contribution in [0.15, 0.2) is 30.5 Å². The van der Waals surface area contributed by atoms with Crippen LogP contribution in [0.4, 0.5) is 0 Å². The molecule has 5 nitrogen and oxygen atoms in total. The maximum absolute atomic E-state index is 12.5. The SMILES string of the molecule is COc1ccc(C(=O)C=CN2CCC[C@H]2CN2CCCCC2)cc1OC. The van der Waals surface area contributed by atoms with Gasteiger partial charge in [0.1, 0.15) is 0 Å². The third-order valence-electron chi connectivity index (χ3n) is 5.43. The lowest BCUT2D eigenvalue weighted by atomic mass is 10.1. The van der Waals surface area contributed by atoms with Crippen molar-refractivity contribution in [3.05, 3.63) is 36.0 Å². The van der Waals surface area contributed by atoms with Crippen LogP contribution in [0, 0.1) is 0 Å². The number of carbonyl (C=O) groups is 1. The van der Waals surface area contributed by atoms with Gasteiger partial charge in [0.15, 0.2) is 17.3 Å². The van der Waals surface area contributed by atoms with Crippen molar-refractivity contribution >= 4 is 5.78 Å². The first-order chi connectivity index (χ1) is 12.7. The number of hydrogen-bond donors (Lipinski definition) is 0. The number of piperidine rings is 1. The fourth-order valence-corrected chi connectivity index (χ4v) is 3.94. The number of likely N-dealkylation sites (tertiary alicyclic amines) is 2. The zero-order valence-corrected chi connectivity index (χ0v) is 15.9. The molecule has 1 atom stereocenters. The van der Waals surface area contributed by atoms with E-state index in [1.54, 1.807) is 38.5 Å². The number of hydrogen-bond acceptors (Lipinski definition) is 5. The summed E-state index contributed by atoms with van der Waals surface area (Å²) in [5, 5.41) is 0. The van der Waals surface area contributed by atoms with Crippen molar-refractivity contribution in [1.29, 1.82) is 0 Å². The van der Waals surface area contributed by atoms with E-state index in [1.165, 1.54) is 45.2 Å². The Kier molecular flexibility index (Phi) is 6.56. The molecule has 2 aliphatic rings. The zero-order chi connectivity index (χ0) is 18.4. The largest absolute Gasteiger partial charge is 0.493 e. The molecule has 3 rings (SSSR count). The van der Waals surface area contributed by atoms with Gasteiger partial charge in [-0.3, -0.25) is 4.79 Å². The van der Waals surface area contributed by atoms with Gasteiger partial charge in [0.25, 0.3) is 0 Å². The molecule has 0 aromatic heterocycles. The Balaban J connectivity index is 1.61. The first-order valence-electron chi connectivity index (χ1n) is 9.64. The molecule has 26 heavy (non-hydrogen) atoms. The molecule has 1 aromatic rings. The van der Waals surface area contributed by atoms with E-state index in [9.17, 15) is 4.79 Å². The van der Waals surface area contributed by atoms with Gasteiger partial charge >= 0.3 is 0 Å². The van der Waals surface area contributed by atoms with Crippen LogP contribution < -0.4 is 9.47 Å². The quantitative estimate of drug-likeness (QED) is 0.552. The van der Waals surface area contributed by atoms with Crippen molar-refractivity contribution in [2.24, 2.45) is 0 Å². The highest BCUT2D eigenvalue weighted by atomic mass is 16.5. The molecule has 0 radical (unpaired) electrons. The summed E-state index contributed by atoms with van der Waals surface area (Å²) in [6.45, 7) is 4.60. The second-order valence-corrected chi connectivity index (χ2v) is 7.14. The third-order valence-corrected chi connectivity index (χ3v) is 5.43. The van der Waals surface area contributed by atoms with E-state index in [-0.39, 0.29) is 5.78 Å². The van der Waals surface area contributed by atoms with Crippen molar-refractivity contribution in [2.75, 3.05) is 40.4 Å². The second-order valence-electron chi connectivity index (χ2n) is 7.14. The fraction of sp³-hybridized carbons (Fsp3) is 0.571. The minimum absolute atomic E-state index is 0.00502. The molecule has 0 bridgehead atoms. The standard InChI is InChI=1S/C21H30N2O3/c1-25-20-9-8-17(15-21(20)26-2)19(24)10-14-23-13-6-7-18(23)16-22-11-4-3-5-12-22/h8-10,14-15,18H,3-7,11-13,16H2,1-2H3/t18-/m0/s1. The van der Waals surface area contributed by atoms with Gasteiger partial charge in [0, 0.05) is 37.0 Å². The molecule has 0 spiro atoms. The van der Waals surface area contributed by atoms with Crippen LogP contribution in [-0.2, 0) is 0 Å². The first-order valence-corrected chi connectivity index (χ1v) is 9.64. The molecule has 0 unspecified atom stereocenters. The van der Waals surface area contributed by atoms with E-state index in [1.807, 2.05) is 6.20 Å². The van der Waals surface area contributed by atoms with Crippen LogP contribution in [0.2, 0.25) is 0 Å². The van der Waals surface area contributed by atoms with Gasteiger partial charge in [0.05, 0.1) is 14.2 Å². The average Bonchev–Trinajstić information content (AvgIpc) is 3.13. The number of nitrogens with zero attached hydrogens (tertiary/aromatic N) is 2. The summed E-state index contributed by atoms with van der Waals surface area (Å²) in [6.07, 6.45) is 10.1. The number of benzene rings is 1. The molecule has 2 aliphatic heterocycles. The van der Waals surface area contributed by atoms with E-state index in [0.717, 1.165) is 13.1 Å². The van der Waals surface area contributed by atoms with Crippen LogP contribution in [0.3, 0.4) is 0 Å². The highest BCUT2D eigenvalue weighted by Gasteiger charge is 2.25. The van der Waals surface area contributed by atoms with E-state index in [0.29, 0.717) is 23.1 Å². The van der Waals surface area contributed by atoms with Crippen molar-refractivity contribution < 1.29 is 14.3 Å². The number of carbonyl (C=O) groups excluding carboxylic acids is 1. The number of methoxy groups -OCH3 is 2. The summed E-state index contributed by atoms with van der Waals surface area (Å²) in [5.41, 5.74) is 0.616. The molecule has 2 saturated heterocycles. The molecule has 0 amide bonds. The van der Waals surface area contributed by atoms with Gasteiger partial charge in [-0.25, -0.2) is 0 Å². The van der Waals surface area contributed by atoms with Crippen molar-refractivity contribution in [3.8, 4) is 11.5 Å². The fourth-order valence-electron chi connectivity index (χ4n) is 3.94. The van der Waals surface area contributed by atoms with E-state index >= 15 is 0 Å². The molecule has 1 aromatic carbocycles. The Bertz CT molecular complexity index is 638. The lowest BCUT2D eigenvalue weighted by molar-refractivity contribution is 0.104. The molecular formula is C21H30N2O3. The van der Waals surface area contributed by atoms with Gasteiger partial charge in [0.2, 0.25) is 0 Å². The van der Waals surface area contributed by atoms with Gasteiger partial charge in [-0.05, 0) is 57.0 Å². The van der Waals surface area contributed by atoms with Gasteiger partial charge < -0.3 is 19.3 Å². The van der Waals surface area contributed by atoms with Crippen LogP contribution in [0.25, 0.3) is 0 Å². The number of ether oxygens (including phenoxy) is 2. The number of ketones is 1. The molecule has 0 aliphatic carbocycles. The van der Waals surface area contributed by atoms with Gasteiger partial charge in [-0.15, -0.1) is 0 Å². The minimum atomic E-state index is -0.00502. The van der Waals surface area contributed by atoms with E-state index < -0.39 is 0 Å². The molecular weight excluding hydrogens is 328 g/mol. The smallest absolute Gasteiger partial charge is 0.187 e. The van der Waals surface area contributed by atoms with Crippen LogP contribution in [0.1, 0.15) is 42.5 Å². The van der Waals surface area contributed by atoms with E-state index in [2.05, 4.69) is 9.80 Å². The first kappa shape index (κ1) is 18.8. The predicted molar refractivity (Wildman–Crippen MR) is 103 cm³/mol. The summed E-state index contributed by atoms with van der Waals surface area (Å²) in [5.74, 6) is 1.21. The Morgan fingerprint density at radius 2 is 1.85 bits per heavy atom. The minimum Gasteiger partial charge on any atom is -0.493 e. The lowest BCUT2D eigenvalue weighted by Crippen LogP contribution is -2.40. The normalized spacial score (nSPS) is 21.3. The Morgan fingerprint density at radius 3 is 2.58 bits per heavy atom. The predicted octanol–water partition coefficient (Wildman–Crippen LogP) is 3.35. The van der Waals surface area contributed by atoms with E-state index in [4.69, 9.17) is 9.47 Å². The summed E-state index contributed by atoms with van der Waals surface area (Å²) in [4.78, 5) is 17.5. The third kappa shape index (κ3) is 4.58. The number of rotatable bonds is 7.